The first-order valence-electron chi connectivity index (χ1n) is 8.99. The van der Waals surface area contributed by atoms with Crippen LogP contribution in [0.15, 0.2) is 66.9 Å². The van der Waals surface area contributed by atoms with Gasteiger partial charge in [0.15, 0.2) is 0 Å². The number of aryl methyl sites for hydroxylation is 1. The average molecular weight is 363 g/mol. The van der Waals surface area contributed by atoms with Gasteiger partial charge < -0.3 is 10.6 Å². The molecule has 3 rings (SSSR count). The van der Waals surface area contributed by atoms with Gasteiger partial charge in [-0.25, -0.2) is 9.37 Å². The van der Waals surface area contributed by atoms with Gasteiger partial charge >= 0.3 is 0 Å². The van der Waals surface area contributed by atoms with Crippen molar-refractivity contribution >= 4 is 17.3 Å². The molecule has 0 saturated heterocycles. The standard InChI is InChI=1S/C22H22FN3O/c1-2-17-5-3-4-6-20(17)26-19-11-12-21(25-15-19)22(27)24-14-13-16-7-9-18(23)10-8-16/h3-12,15,26H,2,13-14H2,1H3,(H,24,27). The smallest absolute Gasteiger partial charge is 0.269 e. The fourth-order valence-electron chi connectivity index (χ4n) is 2.77. The fourth-order valence-corrected chi connectivity index (χ4v) is 2.77. The maximum absolute atomic E-state index is 12.9. The van der Waals surface area contributed by atoms with Crippen LogP contribution in [0.2, 0.25) is 0 Å². The summed E-state index contributed by atoms with van der Waals surface area (Å²) >= 11 is 0. The van der Waals surface area contributed by atoms with Crippen molar-refractivity contribution in [3.63, 3.8) is 0 Å². The molecule has 0 spiro atoms. The normalized spacial score (nSPS) is 10.4. The minimum absolute atomic E-state index is 0.224. The number of para-hydroxylation sites is 1. The molecule has 0 aliphatic carbocycles. The number of anilines is 2. The van der Waals surface area contributed by atoms with Gasteiger partial charge in [-0.3, -0.25) is 4.79 Å². The summed E-state index contributed by atoms with van der Waals surface area (Å²) < 4.78 is 12.9. The second-order valence-corrected chi connectivity index (χ2v) is 6.20. The van der Waals surface area contributed by atoms with Crippen molar-refractivity contribution in [1.82, 2.24) is 10.3 Å². The van der Waals surface area contributed by atoms with E-state index in [1.165, 1.54) is 17.7 Å². The summed E-state index contributed by atoms with van der Waals surface area (Å²) in [6.07, 6.45) is 3.23. The van der Waals surface area contributed by atoms with Gasteiger partial charge in [0.1, 0.15) is 11.5 Å². The van der Waals surface area contributed by atoms with Crippen molar-refractivity contribution in [3.05, 3.63) is 89.5 Å². The van der Waals surface area contributed by atoms with Gasteiger partial charge in [-0.2, -0.15) is 0 Å². The molecule has 27 heavy (non-hydrogen) atoms. The summed E-state index contributed by atoms with van der Waals surface area (Å²) in [6.45, 7) is 2.58. The van der Waals surface area contributed by atoms with Crippen molar-refractivity contribution in [3.8, 4) is 0 Å². The molecule has 0 radical (unpaired) electrons. The monoisotopic (exact) mass is 363 g/mol. The third-order valence-electron chi connectivity index (χ3n) is 4.29. The van der Waals surface area contributed by atoms with Crippen LogP contribution in [-0.4, -0.2) is 17.4 Å². The van der Waals surface area contributed by atoms with E-state index in [0.717, 1.165) is 23.4 Å². The number of nitrogens with zero attached hydrogens (tertiary/aromatic N) is 1. The largest absolute Gasteiger partial charge is 0.354 e. The minimum Gasteiger partial charge on any atom is -0.354 e. The number of rotatable bonds is 7. The zero-order chi connectivity index (χ0) is 19.1. The first-order valence-corrected chi connectivity index (χ1v) is 8.99. The Morgan fingerprint density at radius 1 is 1.04 bits per heavy atom. The Labute approximate surface area is 158 Å². The van der Waals surface area contributed by atoms with Crippen LogP contribution in [0, 0.1) is 5.82 Å². The van der Waals surface area contributed by atoms with E-state index < -0.39 is 0 Å². The van der Waals surface area contributed by atoms with Crippen LogP contribution in [0.5, 0.6) is 0 Å². The van der Waals surface area contributed by atoms with Crippen molar-refractivity contribution in [1.29, 1.82) is 0 Å². The Morgan fingerprint density at radius 3 is 2.52 bits per heavy atom. The van der Waals surface area contributed by atoms with Crippen molar-refractivity contribution in [2.45, 2.75) is 19.8 Å². The Hall–Kier alpha value is -3.21. The van der Waals surface area contributed by atoms with Crippen LogP contribution in [0.1, 0.15) is 28.5 Å². The number of carbonyl (C=O) groups is 1. The Balaban J connectivity index is 1.54. The topological polar surface area (TPSA) is 54.0 Å². The molecule has 2 N–H and O–H groups in total. The number of halogens is 1. The highest BCUT2D eigenvalue weighted by atomic mass is 19.1. The number of nitrogens with one attached hydrogen (secondary N) is 2. The van der Waals surface area contributed by atoms with Crippen LogP contribution >= 0.6 is 0 Å². The molecule has 0 unspecified atom stereocenters. The maximum atomic E-state index is 12.9. The number of carbonyl (C=O) groups excluding carboxylic acids is 1. The minimum atomic E-state index is -0.262. The van der Waals surface area contributed by atoms with Crippen molar-refractivity contribution in [2.24, 2.45) is 0 Å². The zero-order valence-electron chi connectivity index (χ0n) is 15.2. The van der Waals surface area contributed by atoms with Gasteiger partial charge in [0.2, 0.25) is 0 Å². The third-order valence-corrected chi connectivity index (χ3v) is 4.29. The molecule has 2 aromatic carbocycles. The summed E-state index contributed by atoms with van der Waals surface area (Å²) in [4.78, 5) is 16.4. The number of hydrogen-bond acceptors (Lipinski definition) is 3. The number of benzene rings is 2. The third kappa shape index (κ3) is 5.14. The molecular weight excluding hydrogens is 341 g/mol. The maximum Gasteiger partial charge on any atom is 0.269 e. The number of amides is 1. The predicted molar refractivity (Wildman–Crippen MR) is 106 cm³/mol. The fraction of sp³-hybridized carbons (Fsp3) is 0.182. The van der Waals surface area contributed by atoms with Crippen LogP contribution in [0.25, 0.3) is 0 Å². The molecule has 0 fully saturated rings. The Bertz CT molecular complexity index is 892. The molecular formula is C22H22FN3O. The van der Waals surface area contributed by atoms with E-state index in [-0.39, 0.29) is 11.7 Å². The molecule has 1 aromatic heterocycles. The molecule has 3 aromatic rings. The lowest BCUT2D eigenvalue weighted by Gasteiger charge is -2.11. The van der Waals surface area contributed by atoms with Crippen LogP contribution in [0.4, 0.5) is 15.8 Å². The quantitative estimate of drug-likeness (QED) is 0.650. The van der Waals surface area contributed by atoms with E-state index in [0.29, 0.717) is 18.7 Å². The molecule has 0 saturated carbocycles. The van der Waals surface area contributed by atoms with E-state index >= 15 is 0 Å². The lowest BCUT2D eigenvalue weighted by Crippen LogP contribution is -2.26. The van der Waals surface area contributed by atoms with Gasteiger partial charge in [0.25, 0.3) is 5.91 Å². The van der Waals surface area contributed by atoms with E-state index in [1.807, 2.05) is 24.3 Å². The van der Waals surface area contributed by atoms with Crippen LogP contribution in [0.3, 0.4) is 0 Å². The summed E-state index contributed by atoms with van der Waals surface area (Å²) in [5.41, 5.74) is 4.43. The molecule has 4 nitrogen and oxygen atoms in total. The molecule has 1 heterocycles. The Morgan fingerprint density at radius 2 is 1.81 bits per heavy atom. The highest BCUT2D eigenvalue weighted by molar-refractivity contribution is 5.92. The molecule has 0 aliphatic rings. The molecule has 1 amide bonds. The Kier molecular flexibility index (Phi) is 6.15. The van der Waals surface area contributed by atoms with E-state index in [9.17, 15) is 9.18 Å². The van der Waals surface area contributed by atoms with Gasteiger partial charge in [-0.05, 0) is 54.3 Å². The summed E-state index contributed by atoms with van der Waals surface area (Å²) in [7, 11) is 0. The van der Waals surface area contributed by atoms with E-state index in [4.69, 9.17) is 0 Å². The second-order valence-electron chi connectivity index (χ2n) is 6.20. The van der Waals surface area contributed by atoms with Crippen molar-refractivity contribution in [2.75, 3.05) is 11.9 Å². The summed E-state index contributed by atoms with van der Waals surface area (Å²) in [5, 5.41) is 6.17. The highest BCUT2D eigenvalue weighted by Crippen LogP contribution is 2.20. The van der Waals surface area contributed by atoms with E-state index in [2.05, 4.69) is 28.6 Å². The second kappa shape index (κ2) is 8.94. The first-order chi connectivity index (χ1) is 13.2. The zero-order valence-corrected chi connectivity index (χ0v) is 15.2. The van der Waals surface area contributed by atoms with Gasteiger partial charge in [-0.1, -0.05) is 37.3 Å². The molecule has 0 aliphatic heterocycles. The average Bonchev–Trinajstić information content (AvgIpc) is 2.70. The first kappa shape index (κ1) is 18.6. The predicted octanol–water partition coefficient (Wildman–Crippen LogP) is 4.50. The molecule has 0 atom stereocenters. The van der Waals surface area contributed by atoms with Crippen LogP contribution < -0.4 is 10.6 Å². The number of pyridine rings is 1. The van der Waals surface area contributed by atoms with E-state index in [1.54, 1.807) is 24.4 Å². The van der Waals surface area contributed by atoms with Crippen LogP contribution in [-0.2, 0) is 12.8 Å². The lowest BCUT2D eigenvalue weighted by molar-refractivity contribution is 0.0949. The summed E-state index contributed by atoms with van der Waals surface area (Å²) in [6, 6.07) is 17.9. The van der Waals surface area contributed by atoms with Crippen molar-refractivity contribution < 1.29 is 9.18 Å². The lowest BCUT2D eigenvalue weighted by atomic mass is 10.1. The molecule has 5 heteroatoms. The summed E-state index contributed by atoms with van der Waals surface area (Å²) in [5.74, 6) is -0.486. The molecule has 0 bridgehead atoms. The van der Waals surface area contributed by atoms with Gasteiger partial charge in [0, 0.05) is 12.2 Å². The highest BCUT2D eigenvalue weighted by Gasteiger charge is 2.07. The van der Waals surface area contributed by atoms with Gasteiger partial charge in [-0.15, -0.1) is 0 Å². The van der Waals surface area contributed by atoms with Gasteiger partial charge in [0.05, 0.1) is 11.9 Å². The number of hydrogen-bond donors (Lipinski definition) is 2. The molecule has 138 valence electrons. The number of aromatic nitrogens is 1. The SMILES string of the molecule is CCc1ccccc1Nc1ccc(C(=O)NCCc2ccc(F)cc2)nc1.